The van der Waals surface area contributed by atoms with Crippen molar-refractivity contribution in [2.75, 3.05) is 5.32 Å². The predicted molar refractivity (Wildman–Crippen MR) is 73.5 cm³/mol. The van der Waals surface area contributed by atoms with Gasteiger partial charge in [-0.2, -0.15) is 0 Å². The van der Waals surface area contributed by atoms with Crippen molar-refractivity contribution in [1.29, 1.82) is 0 Å². The van der Waals surface area contributed by atoms with E-state index in [1.54, 1.807) is 11.6 Å². The molecule has 1 aliphatic heterocycles. The molecule has 2 heterocycles. The number of allylic oxidation sites excluding steroid dienone is 1. The Hall–Kier alpha value is -1.82. The highest BCUT2D eigenvalue weighted by Crippen LogP contribution is 2.27. The van der Waals surface area contributed by atoms with Gasteiger partial charge in [0.25, 0.3) is 0 Å². The minimum Gasteiger partial charge on any atom is -0.301 e. The largest absolute Gasteiger partial charge is 0.301 e. The van der Waals surface area contributed by atoms with E-state index in [0.717, 1.165) is 19.3 Å². The monoisotopic (exact) mass is 275 g/mol. The maximum Gasteiger partial charge on any atom is 0.242 e. The van der Waals surface area contributed by atoms with Crippen molar-refractivity contribution in [3.8, 4) is 0 Å². The molecule has 0 fully saturated rings. The number of thiazole rings is 1. The van der Waals surface area contributed by atoms with Crippen LogP contribution in [0.25, 0.3) is 0 Å². The molecule has 0 saturated heterocycles. The molecule has 1 amide bonds. The van der Waals surface area contributed by atoms with Gasteiger partial charge >= 0.3 is 0 Å². The standard InChI is InChI=1S/C13H13N3O2S/c17-11-8-3-1-2-4-10(8)15-7-9(11)12(18)16-13-14-5-6-19-13/h3,5-7,9-10H,1-2,4H2,(H,14,16,18). The van der Waals surface area contributed by atoms with E-state index >= 15 is 0 Å². The Balaban J connectivity index is 1.78. The highest BCUT2D eigenvalue weighted by Gasteiger charge is 2.35. The van der Waals surface area contributed by atoms with Crippen LogP contribution in [-0.4, -0.2) is 28.9 Å². The van der Waals surface area contributed by atoms with Crippen LogP contribution in [0.2, 0.25) is 0 Å². The lowest BCUT2D eigenvalue weighted by Gasteiger charge is -2.26. The van der Waals surface area contributed by atoms with Crippen LogP contribution in [0.3, 0.4) is 0 Å². The Bertz CT molecular complexity index is 562. The lowest BCUT2D eigenvalue weighted by atomic mass is 9.84. The summed E-state index contributed by atoms with van der Waals surface area (Å²) in [6.07, 6.45) is 7.86. The number of rotatable bonds is 2. The number of amides is 1. The molecule has 2 unspecified atom stereocenters. The molecule has 2 aliphatic rings. The summed E-state index contributed by atoms with van der Waals surface area (Å²) in [6, 6.07) is -0.0369. The molecule has 19 heavy (non-hydrogen) atoms. The van der Waals surface area contributed by atoms with E-state index in [0.29, 0.717) is 10.7 Å². The zero-order valence-corrected chi connectivity index (χ0v) is 11.0. The van der Waals surface area contributed by atoms with Gasteiger partial charge in [-0.15, -0.1) is 11.3 Å². The van der Waals surface area contributed by atoms with Gasteiger partial charge < -0.3 is 5.32 Å². The number of hydrogen-bond acceptors (Lipinski definition) is 5. The van der Waals surface area contributed by atoms with Gasteiger partial charge in [-0.25, -0.2) is 4.98 Å². The number of aliphatic imine (C=N–C) groups is 1. The van der Waals surface area contributed by atoms with Crippen LogP contribution in [0.15, 0.2) is 28.2 Å². The Morgan fingerprint density at radius 3 is 3.16 bits per heavy atom. The van der Waals surface area contributed by atoms with Gasteiger partial charge in [-0.1, -0.05) is 6.08 Å². The first-order valence-corrected chi connectivity index (χ1v) is 7.11. The molecule has 1 aromatic heterocycles. The van der Waals surface area contributed by atoms with E-state index in [1.165, 1.54) is 17.6 Å². The number of nitrogens with zero attached hydrogens (tertiary/aromatic N) is 2. The number of nitrogens with one attached hydrogen (secondary N) is 1. The molecule has 0 bridgehead atoms. The molecule has 0 saturated carbocycles. The summed E-state index contributed by atoms with van der Waals surface area (Å²) in [5.41, 5.74) is 0.702. The lowest BCUT2D eigenvalue weighted by molar-refractivity contribution is -0.126. The maximum absolute atomic E-state index is 12.3. The molecule has 0 spiro atoms. The van der Waals surface area contributed by atoms with Crippen molar-refractivity contribution in [2.24, 2.45) is 10.9 Å². The summed E-state index contributed by atoms with van der Waals surface area (Å²) in [7, 11) is 0. The molecule has 1 aliphatic carbocycles. The first-order valence-electron chi connectivity index (χ1n) is 6.23. The normalized spacial score (nSPS) is 25.7. The zero-order valence-electron chi connectivity index (χ0n) is 10.2. The van der Waals surface area contributed by atoms with Crippen molar-refractivity contribution in [3.63, 3.8) is 0 Å². The second-order valence-corrected chi connectivity index (χ2v) is 5.47. The molecule has 1 aromatic rings. The summed E-state index contributed by atoms with van der Waals surface area (Å²) in [6.45, 7) is 0. The molecule has 2 atom stereocenters. The predicted octanol–water partition coefficient (Wildman–Crippen LogP) is 1.83. The number of Topliss-reactive ketones (excluding diaryl/α,β-unsaturated/α-hetero) is 1. The average molecular weight is 275 g/mol. The van der Waals surface area contributed by atoms with Crippen LogP contribution < -0.4 is 5.32 Å². The number of ketones is 1. The molecular formula is C13H13N3O2S. The molecule has 0 radical (unpaired) electrons. The van der Waals surface area contributed by atoms with Gasteiger partial charge in [0.2, 0.25) is 5.91 Å². The molecule has 6 heteroatoms. The summed E-state index contributed by atoms with van der Waals surface area (Å²) >= 11 is 1.33. The third-order valence-corrected chi connectivity index (χ3v) is 4.02. The van der Waals surface area contributed by atoms with Crippen LogP contribution in [-0.2, 0) is 9.59 Å². The fourth-order valence-corrected chi connectivity index (χ4v) is 2.90. The van der Waals surface area contributed by atoms with E-state index in [4.69, 9.17) is 0 Å². The van der Waals surface area contributed by atoms with Crippen molar-refractivity contribution < 1.29 is 9.59 Å². The average Bonchev–Trinajstić information content (AvgIpc) is 2.92. The van der Waals surface area contributed by atoms with Crippen molar-refractivity contribution in [2.45, 2.75) is 25.3 Å². The van der Waals surface area contributed by atoms with E-state index in [-0.39, 0.29) is 17.7 Å². The van der Waals surface area contributed by atoms with Crippen LogP contribution in [0, 0.1) is 5.92 Å². The van der Waals surface area contributed by atoms with Gasteiger partial charge in [0.1, 0.15) is 5.92 Å². The number of anilines is 1. The highest BCUT2D eigenvalue weighted by molar-refractivity contribution is 7.13. The molecule has 5 nitrogen and oxygen atoms in total. The second-order valence-electron chi connectivity index (χ2n) is 4.57. The minimum atomic E-state index is -0.815. The topological polar surface area (TPSA) is 71.4 Å². The molecule has 3 rings (SSSR count). The third kappa shape index (κ3) is 2.35. The van der Waals surface area contributed by atoms with E-state index in [1.807, 2.05) is 6.08 Å². The maximum atomic E-state index is 12.3. The Kier molecular flexibility index (Phi) is 3.25. The number of aromatic nitrogens is 1. The Morgan fingerprint density at radius 1 is 1.47 bits per heavy atom. The molecule has 1 N–H and O–H groups in total. The first-order chi connectivity index (χ1) is 9.25. The number of carbonyl (C=O) groups is 2. The van der Waals surface area contributed by atoms with Crippen molar-refractivity contribution in [1.82, 2.24) is 4.98 Å². The van der Waals surface area contributed by atoms with Gasteiger partial charge in [0, 0.05) is 23.4 Å². The fourth-order valence-electron chi connectivity index (χ4n) is 2.37. The number of fused-ring (bicyclic) bond motifs is 1. The van der Waals surface area contributed by atoms with Gasteiger partial charge in [0.15, 0.2) is 10.9 Å². The molecule has 98 valence electrons. The highest BCUT2D eigenvalue weighted by atomic mass is 32.1. The Labute approximate surface area is 114 Å². The SMILES string of the molecule is O=C(Nc1nccs1)C1C=NC2CCCC=C2C1=O. The quantitative estimate of drug-likeness (QED) is 0.837. The summed E-state index contributed by atoms with van der Waals surface area (Å²) in [4.78, 5) is 32.7. The van der Waals surface area contributed by atoms with E-state index in [9.17, 15) is 9.59 Å². The molecular weight excluding hydrogens is 262 g/mol. The van der Waals surface area contributed by atoms with E-state index < -0.39 is 5.92 Å². The number of hydrogen-bond donors (Lipinski definition) is 1. The van der Waals surface area contributed by atoms with Crippen molar-refractivity contribution >= 4 is 34.4 Å². The summed E-state index contributed by atoms with van der Waals surface area (Å²) < 4.78 is 0. The summed E-state index contributed by atoms with van der Waals surface area (Å²) in [5.74, 6) is -1.29. The number of carbonyl (C=O) groups excluding carboxylic acids is 2. The second kappa shape index (κ2) is 5.05. The van der Waals surface area contributed by atoms with Gasteiger partial charge in [0.05, 0.1) is 6.04 Å². The third-order valence-electron chi connectivity index (χ3n) is 3.33. The van der Waals surface area contributed by atoms with Crippen LogP contribution >= 0.6 is 11.3 Å². The fraction of sp³-hybridized carbons (Fsp3) is 0.385. The zero-order chi connectivity index (χ0) is 13.2. The smallest absolute Gasteiger partial charge is 0.242 e. The molecule has 0 aromatic carbocycles. The van der Waals surface area contributed by atoms with Crippen LogP contribution in [0.4, 0.5) is 5.13 Å². The van der Waals surface area contributed by atoms with Crippen molar-refractivity contribution in [3.05, 3.63) is 23.2 Å². The van der Waals surface area contributed by atoms with Crippen LogP contribution in [0.1, 0.15) is 19.3 Å². The van der Waals surface area contributed by atoms with Gasteiger partial charge in [-0.05, 0) is 19.3 Å². The lowest BCUT2D eigenvalue weighted by Crippen LogP contribution is -2.38. The van der Waals surface area contributed by atoms with E-state index in [2.05, 4.69) is 15.3 Å². The van der Waals surface area contributed by atoms with Crippen LogP contribution in [0.5, 0.6) is 0 Å². The minimum absolute atomic E-state index is 0.0369. The van der Waals surface area contributed by atoms with Gasteiger partial charge in [-0.3, -0.25) is 14.6 Å². The first kappa shape index (κ1) is 12.2. The summed E-state index contributed by atoms with van der Waals surface area (Å²) in [5, 5.41) is 4.92. The Morgan fingerprint density at radius 2 is 2.37 bits per heavy atom.